The minimum Gasteiger partial charge on any atom is -1.00 e. The Balaban J connectivity index is 0. The van der Waals surface area contributed by atoms with Crippen LogP contribution in [0.1, 0.15) is 20.8 Å². The third kappa shape index (κ3) is 5.75. The second-order valence-electron chi connectivity index (χ2n) is 3.22. The Morgan fingerprint density at radius 3 is 1.69 bits per heavy atom. The average molecular weight is 382 g/mol. The molecule has 0 fully saturated rings. The molecule has 1 unspecified atom stereocenters. The maximum atomic E-state index is 3.67. The molecule has 0 spiro atoms. The van der Waals surface area contributed by atoms with Crippen LogP contribution in [0.25, 0.3) is 0 Å². The highest BCUT2D eigenvalue weighted by Gasteiger charge is 2.23. The molecule has 0 aromatic carbocycles. The van der Waals surface area contributed by atoms with Gasteiger partial charge in [-0.25, -0.2) is 0 Å². The molecule has 4 heteroatoms. The smallest absolute Gasteiger partial charge is 0.0921 e. The Bertz CT molecular complexity index is 107. The van der Waals surface area contributed by atoms with Crippen molar-refractivity contribution in [2.75, 3.05) is 31.5 Å². The summed E-state index contributed by atoms with van der Waals surface area (Å²) in [6, 6.07) is 0. The Labute approximate surface area is 110 Å². The van der Waals surface area contributed by atoms with Gasteiger partial charge in [-0.2, -0.15) is 0 Å². The summed E-state index contributed by atoms with van der Waals surface area (Å²) in [5.74, 6) is 0. The van der Waals surface area contributed by atoms with Crippen LogP contribution in [-0.2, 0) is 0 Å². The van der Waals surface area contributed by atoms with E-state index in [4.69, 9.17) is 0 Å². The van der Waals surface area contributed by atoms with Crippen molar-refractivity contribution in [1.82, 2.24) is 0 Å². The van der Waals surface area contributed by atoms with Crippen LogP contribution in [-0.4, -0.2) is 40.8 Å². The average Bonchev–Trinajstić information content (AvgIpc) is 2.14. The summed E-state index contributed by atoms with van der Waals surface area (Å²) in [5, 5.41) is 1.05. The van der Waals surface area contributed by atoms with Gasteiger partial charge >= 0.3 is 0 Å². The van der Waals surface area contributed by atoms with Gasteiger partial charge in [0.2, 0.25) is 0 Å². The van der Waals surface area contributed by atoms with E-state index in [9.17, 15) is 0 Å². The number of halogens is 3. The van der Waals surface area contributed by atoms with Crippen molar-refractivity contribution in [3.05, 3.63) is 0 Å². The van der Waals surface area contributed by atoms with Crippen molar-refractivity contribution in [2.24, 2.45) is 0 Å². The van der Waals surface area contributed by atoms with Gasteiger partial charge < -0.3 is 21.5 Å². The number of alkyl halides is 2. The Morgan fingerprint density at radius 2 is 1.46 bits per heavy atom. The lowest BCUT2D eigenvalue weighted by Gasteiger charge is -2.37. The number of rotatable bonds is 6. The van der Waals surface area contributed by atoms with Crippen LogP contribution in [0, 0.1) is 0 Å². The van der Waals surface area contributed by atoms with Gasteiger partial charge in [-0.1, -0.05) is 31.9 Å². The Hall–Kier alpha value is 1.40. The number of hydrogen-bond donors (Lipinski definition) is 0. The molecule has 0 saturated carbocycles. The molecule has 82 valence electrons. The van der Waals surface area contributed by atoms with E-state index in [2.05, 4.69) is 52.6 Å². The largest absolute Gasteiger partial charge is 1.00 e. The van der Waals surface area contributed by atoms with Crippen molar-refractivity contribution in [3.8, 4) is 0 Å². The highest BCUT2D eigenvalue weighted by molar-refractivity contribution is 9.12. The topological polar surface area (TPSA) is 0 Å². The van der Waals surface area contributed by atoms with Gasteiger partial charge in [-0.3, -0.25) is 0 Å². The van der Waals surface area contributed by atoms with Crippen LogP contribution in [0.15, 0.2) is 0 Å². The highest BCUT2D eigenvalue weighted by Crippen LogP contribution is 2.13. The molecule has 1 atom stereocenters. The molecule has 0 heterocycles. The molecule has 0 amide bonds. The van der Waals surface area contributed by atoms with Crippen molar-refractivity contribution in [2.45, 2.75) is 25.6 Å². The molecular formula is C9H20Br3N. The Morgan fingerprint density at radius 1 is 1.08 bits per heavy atom. The lowest BCUT2D eigenvalue weighted by atomic mass is 10.3. The van der Waals surface area contributed by atoms with Gasteiger partial charge in [0.25, 0.3) is 0 Å². The fraction of sp³-hybridized carbons (Fsp3) is 1.00. The van der Waals surface area contributed by atoms with Crippen molar-refractivity contribution in [1.29, 1.82) is 0 Å². The zero-order chi connectivity index (χ0) is 9.61. The summed E-state index contributed by atoms with van der Waals surface area (Å²) in [6.07, 6.45) is 0. The number of nitrogens with zero attached hydrogens (tertiary/aromatic N) is 1. The third-order valence-electron chi connectivity index (χ3n) is 2.77. The summed E-state index contributed by atoms with van der Waals surface area (Å²) < 4.78 is 1.22. The summed E-state index contributed by atoms with van der Waals surface area (Å²) in [4.78, 5) is 0.609. The van der Waals surface area contributed by atoms with E-state index < -0.39 is 0 Å². The first kappa shape index (κ1) is 16.8. The molecule has 0 aliphatic heterocycles. The van der Waals surface area contributed by atoms with Crippen LogP contribution in [0.4, 0.5) is 0 Å². The predicted molar refractivity (Wildman–Crippen MR) is 63.3 cm³/mol. The second-order valence-corrected chi connectivity index (χ2v) is 5.17. The summed E-state index contributed by atoms with van der Waals surface area (Å²) in [7, 11) is 0. The van der Waals surface area contributed by atoms with E-state index in [0.29, 0.717) is 4.83 Å². The summed E-state index contributed by atoms with van der Waals surface area (Å²) in [6.45, 7) is 11.8. The van der Waals surface area contributed by atoms with Gasteiger partial charge in [0.05, 0.1) is 31.0 Å². The third-order valence-corrected chi connectivity index (χ3v) is 5.03. The molecule has 0 aliphatic carbocycles. The van der Waals surface area contributed by atoms with E-state index in [1.54, 1.807) is 0 Å². The van der Waals surface area contributed by atoms with Gasteiger partial charge in [0, 0.05) is 5.33 Å². The van der Waals surface area contributed by atoms with Crippen molar-refractivity contribution in [3.63, 3.8) is 0 Å². The molecule has 0 rings (SSSR count). The molecule has 0 radical (unpaired) electrons. The zero-order valence-corrected chi connectivity index (χ0v) is 13.5. The second kappa shape index (κ2) is 8.69. The SMILES string of the molecule is CC[N+](CC)(CC)CC(Br)CBr.[Br-]. The van der Waals surface area contributed by atoms with Crippen LogP contribution >= 0.6 is 31.9 Å². The first-order valence-corrected chi connectivity index (χ1v) is 6.73. The van der Waals surface area contributed by atoms with E-state index >= 15 is 0 Å². The van der Waals surface area contributed by atoms with E-state index in [0.717, 1.165) is 5.33 Å². The molecule has 13 heavy (non-hydrogen) atoms. The van der Waals surface area contributed by atoms with E-state index in [-0.39, 0.29) is 17.0 Å². The molecule has 0 aromatic heterocycles. The summed E-state index contributed by atoms with van der Waals surface area (Å²) in [5.41, 5.74) is 0. The predicted octanol–water partition coefficient (Wildman–Crippen LogP) is 0.0253. The Kier molecular flexibility index (Phi) is 11.2. The fourth-order valence-electron chi connectivity index (χ4n) is 1.53. The van der Waals surface area contributed by atoms with Gasteiger partial charge in [0.15, 0.2) is 0 Å². The highest BCUT2D eigenvalue weighted by atomic mass is 79.9. The standard InChI is InChI=1S/C9H20Br2N.BrH/c1-4-12(5-2,6-3)8-9(11)7-10;/h9H,4-8H2,1-3H3;1H/q+1;/p-1. The number of hydrogen-bond acceptors (Lipinski definition) is 0. The normalized spacial score (nSPS) is 13.6. The van der Waals surface area contributed by atoms with Crippen LogP contribution < -0.4 is 17.0 Å². The quantitative estimate of drug-likeness (QED) is 0.449. The molecule has 0 aromatic rings. The fourth-order valence-corrected chi connectivity index (χ4v) is 2.35. The van der Waals surface area contributed by atoms with Gasteiger partial charge in [-0.15, -0.1) is 0 Å². The maximum Gasteiger partial charge on any atom is 0.0921 e. The van der Waals surface area contributed by atoms with Crippen LogP contribution in [0.2, 0.25) is 0 Å². The number of quaternary nitrogens is 1. The van der Waals surface area contributed by atoms with E-state index in [1.807, 2.05) is 0 Å². The first-order chi connectivity index (χ1) is 5.64. The molecule has 1 nitrogen and oxygen atoms in total. The van der Waals surface area contributed by atoms with E-state index in [1.165, 1.54) is 30.7 Å². The molecule has 0 saturated heterocycles. The minimum absolute atomic E-state index is 0. The molecule has 0 bridgehead atoms. The van der Waals surface area contributed by atoms with Crippen molar-refractivity contribution < 1.29 is 21.5 Å². The van der Waals surface area contributed by atoms with Crippen LogP contribution in [0.5, 0.6) is 0 Å². The monoisotopic (exact) mass is 379 g/mol. The molecule has 0 aliphatic rings. The first-order valence-electron chi connectivity index (χ1n) is 4.69. The maximum absolute atomic E-state index is 3.67. The van der Waals surface area contributed by atoms with Crippen molar-refractivity contribution >= 4 is 31.9 Å². The summed E-state index contributed by atoms with van der Waals surface area (Å²) >= 11 is 7.17. The lowest BCUT2D eigenvalue weighted by molar-refractivity contribution is -0.922. The van der Waals surface area contributed by atoms with Gasteiger partial charge in [-0.05, 0) is 20.8 Å². The minimum atomic E-state index is 0. The van der Waals surface area contributed by atoms with Gasteiger partial charge in [0.1, 0.15) is 0 Å². The molecule has 0 N–H and O–H groups in total. The zero-order valence-electron chi connectivity index (χ0n) is 8.69. The molecular weight excluding hydrogens is 362 g/mol. The van der Waals surface area contributed by atoms with Crippen LogP contribution in [0.3, 0.4) is 0 Å². The lowest BCUT2D eigenvalue weighted by Crippen LogP contribution is -3.00.